The van der Waals surface area contributed by atoms with Gasteiger partial charge in [0.05, 0.1) is 0 Å². The largest absolute Gasteiger partial charge is 0.353 e. The molecule has 0 spiro atoms. The SMILES string of the molecule is CCN(c1ccnc(Cl)n1)C(C)CN(C)C. The zero-order valence-corrected chi connectivity index (χ0v) is 11.1. The first kappa shape index (κ1) is 13.2. The van der Waals surface area contributed by atoms with E-state index in [-0.39, 0.29) is 0 Å². The van der Waals surface area contributed by atoms with Gasteiger partial charge in [0, 0.05) is 25.3 Å². The highest BCUT2D eigenvalue weighted by Gasteiger charge is 2.14. The van der Waals surface area contributed by atoms with Gasteiger partial charge in [0.15, 0.2) is 0 Å². The molecule has 0 saturated carbocycles. The standard InChI is InChI=1S/C11H19ClN4/c1-5-16(9(2)8-15(3)4)10-6-7-13-11(12)14-10/h6-7,9H,5,8H2,1-4H3. The maximum absolute atomic E-state index is 5.80. The van der Waals surface area contributed by atoms with Gasteiger partial charge in [-0.1, -0.05) is 0 Å². The fourth-order valence-corrected chi connectivity index (χ4v) is 1.96. The summed E-state index contributed by atoms with van der Waals surface area (Å²) in [6.45, 7) is 6.18. The van der Waals surface area contributed by atoms with Gasteiger partial charge in [-0.2, -0.15) is 0 Å². The van der Waals surface area contributed by atoms with E-state index in [1.165, 1.54) is 0 Å². The molecule has 0 fully saturated rings. The molecule has 5 heteroatoms. The topological polar surface area (TPSA) is 32.3 Å². The monoisotopic (exact) mass is 242 g/mol. The van der Waals surface area contributed by atoms with E-state index in [0.717, 1.165) is 18.9 Å². The lowest BCUT2D eigenvalue weighted by molar-refractivity contribution is 0.372. The van der Waals surface area contributed by atoms with Crippen molar-refractivity contribution in [2.75, 3.05) is 32.1 Å². The van der Waals surface area contributed by atoms with Crippen LogP contribution in [0.25, 0.3) is 0 Å². The molecule has 0 saturated heterocycles. The Balaban J connectivity index is 2.81. The highest BCUT2D eigenvalue weighted by molar-refractivity contribution is 6.28. The lowest BCUT2D eigenvalue weighted by atomic mass is 10.2. The molecule has 0 radical (unpaired) electrons. The number of hydrogen-bond donors (Lipinski definition) is 0. The number of aromatic nitrogens is 2. The number of halogens is 1. The Morgan fingerprint density at radius 3 is 2.62 bits per heavy atom. The highest BCUT2D eigenvalue weighted by atomic mass is 35.5. The van der Waals surface area contributed by atoms with E-state index >= 15 is 0 Å². The second-order valence-corrected chi connectivity index (χ2v) is 4.42. The molecule has 0 amide bonds. The molecular formula is C11H19ClN4. The van der Waals surface area contributed by atoms with Crippen molar-refractivity contribution in [3.8, 4) is 0 Å². The number of hydrogen-bond acceptors (Lipinski definition) is 4. The predicted octanol–water partition coefficient (Wildman–Crippen LogP) is 1.91. The van der Waals surface area contributed by atoms with Crippen molar-refractivity contribution in [3.63, 3.8) is 0 Å². The zero-order valence-electron chi connectivity index (χ0n) is 10.3. The van der Waals surface area contributed by atoms with Gasteiger partial charge < -0.3 is 9.80 Å². The van der Waals surface area contributed by atoms with Crippen molar-refractivity contribution in [1.82, 2.24) is 14.9 Å². The van der Waals surface area contributed by atoms with Crippen molar-refractivity contribution in [2.24, 2.45) is 0 Å². The van der Waals surface area contributed by atoms with Crippen molar-refractivity contribution < 1.29 is 0 Å². The third-order valence-electron chi connectivity index (χ3n) is 2.41. The van der Waals surface area contributed by atoms with Gasteiger partial charge in [-0.25, -0.2) is 9.97 Å². The number of rotatable bonds is 5. The van der Waals surface area contributed by atoms with Crippen LogP contribution in [0.5, 0.6) is 0 Å². The minimum absolute atomic E-state index is 0.299. The van der Waals surface area contributed by atoms with E-state index in [9.17, 15) is 0 Å². The van der Waals surface area contributed by atoms with Crippen LogP contribution in [0.15, 0.2) is 12.3 Å². The molecule has 16 heavy (non-hydrogen) atoms. The van der Waals surface area contributed by atoms with Crippen molar-refractivity contribution in [1.29, 1.82) is 0 Å². The first-order valence-corrected chi connectivity index (χ1v) is 5.82. The van der Waals surface area contributed by atoms with E-state index in [2.05, 4.69) is 47.7 Å². The molecular weight excluding hydrogens is 224 g/mol. The summed E-state index contributed by atoms with van der Waals surface area (Å²) < 4.78 is 0. The van der Waals surface area contributed by atoms with Crippen molar-refractivity contribution in [2.45, 2.75) is 19.9 Å². The van der Waals surface area contributed by atoms with Gasteiger partial charge in [0.2, 0.25) is 5.28 Å². The van der Waals surface area contributed by atoms with Crippen molar-refractivity contribution >= 4 is 17.4 Å². The molecule has 0 aliphatic rings. The third kappa shape index (κ3) is 3.61. The summed E-state index contributed by atoms with van der Waals surface area (Å²) in [6, 6.07) is 2.28. The van der Waals surface area contributed by atoms with Crippen LogP contribution in [0, 0.1) is 0 Å². The summed E-state index contributed by atoms with van der Waals surface area (Å²) in [5, 5.41) is 0.299. The van der Waals surface area contributed by atoms with E-state index < -0.39 is 0 Å². The normalized spacial score (nSPS) is 12.9. The predicted molar refractivity (Wildman–Crippen MR) is 68.1 cm³/mol. The molecule has 0 aliphatic carbocycles. The molecule has 1 atom stereocenters. The minimum atomic E-state index is 0.299. The van der Waals surface area contributed by atoms with Crippen LogP contribution in [-0.4, -0.2) is 48.1 Å². The molecule has 1 rings (SSSR count). The summed E-state index contributed by atoms with van der Waals surface area (Å²) in [6.07, 6.45) is 1.69. The van der Waals surface area contributed by atoms with E-state index in [0.29, 0.717) is 11.3 Å². The Labute approximate surface area is 102 Å². The summed E-state index contributed by atoms with van der Waals surface area (Å²) >= 11 is 5.80. The number of likely N-dealkylation sites (N-methyl/N-ethyl adjacent to an activating group) is 2. The number of nitrogens with zero attached hydrogens (tertiary/aromatic N) is 4. The minimum Gasteiger partial charge on any atom is -0.353 e. The van der Waals surface area contributed by atoms with Crippen LogP contribution in [-0.2, 0) is 0 Å². The Kier molecular flexibility index (Phi) is 4.96. The van der Waals surface area contributed by atoms with Crippen LogP contribution >= 0.6 is 11.6 Å². The van der Waals surface area contributed by atoms with E-state index in [4.69, 9.17) is 11.6 Å². The van der Waals surface area contributed by atoms with Gasteiger partial charge in [-0.15, -0.1) is 0 Å². The van der Waals surface area contributed by atoms with Gasteiger partial charge in [0.25, 0.3) is 0 Å². The highest BCUT2D eigenvalue weighted by Crippen LogP contribution is 2.15. The molecule has 0 aromatic carbocycles. The molecule has 90 valence electrons. The Morgan fingerprint density at radius 2 is 2.12 bits per heavy atom. The quantitative estimate of drug-likeness (QED) is 0.739. The Morgan fingerprint density at radius 1 is 1.44 bits per heavy atom. The maximum atomic E-state index is 5.80. The van der Waals surface area contributed by atoms with Crippen LogP contribution in [0.1, 0.15) is 13.8 Å². The molecule has 0 bridgehead atoms. The van der Waals surface area contributed by atoms with Gasteiger partial charge in [-0.3, -0.25) is 0 Å². The number of anilines is 1. The molecule has 1 heterocycles. The van der Waals surface area contributed by atoms with Gasteiger partial charge in [-0.05, 0) is 45.6 Å². The molecule has 1 aromatic heterocycles. The molecule has 0 aliphatic heterocycles. The first-order chi connectivity index (χ1) is 7.54. The van der Waals surface area contributed by atoms with Gasteiger partial charge >= 0.3 is 0 Å². The summed E-state index contributed by atoms with van der Waals surface area (Å²) in [7, 11) is 4.13. The first-order valence-electron chi connectivity index (χ1n) is 5.44. The molecule has 1 unspecified atom stereocenters. The maximum Gasteiger partial charge on any atom is 0.224 e. The molecule has 0 N–H and O–H groups in total. The van der Waals surface area contributed by atoms with E-state index in [1.54, 1.807) is 6.20 Å². The Hall–Kier alpha value is -0.870. The smallest absolute Gasteiger partial charge is 0.224 e. The summed E-state index contributed by atoms with van der Waals surface area (Å²) in [4.78, 5) is 12.5. The zero-order chi connectivity index (χ0) is 12.1. The lowest BCUT2D eigenvalue weighted by Crippen LogP contribution is -2.40. The second kappa shape index (κ2) is 6.01. The average molecular weight is 243 g/mol. The summed E-state index contributed by atoms with van der Waals surface area (Å²) in [5.74, 6) is 0.886. The fourth-order valence-electron chi connectivity index (χ4n) is 1.81. The second-order valence-electron chi connectivity index (χ2n) is 4.08. The summed E-state index contributed by atoms with van der Waals surface area (Å²) in [5.41, 5.74) is 0. The van der Waals surface area contributed by atoms with E-state index in [1.807, 2.05) is 6.07 Å². The third-order valence-corrected chi connectivity index (χ3v) is 2.59. The van der Waals surface area contributed by atoms with Gasteiger partial charge in [0.1, 0.15) is 5.82 Å². The van der Waals surface area contributed by atoms with Crippen LogP contribution in [0.3, 0.4) is 0 Å². The molecule has 4 nitrogen and oxygen atoms in total. The molecule has 1 aromatic rings. The fraction of sp³-hybridized carbons (Fsp3) is 0.636. The average Bonchev–Trinajstić information content (AvgIpc) is 2.17. The van der Waals surface area contributed by atoms with Crippen LogP contribution in [0.4, 0.5) is 5.82 Å². The van der Waals surface area contributed by atoms with Crippen LogP contribution < -0.4 is 4.90 Å². The van der Waals surface area contributed by atoms with Crippen molar-refractivity contribution in [3.05, 3.63) is 17.5 Å². The lowest BCUT2D eigenvalue weighted by Gasteiger charge is -2.30. The van der Waals surface area contributed by atoms with Crippen LogP contribution in [0.2, 0.25) is 5.28 Å². The Bertz CT molecular complexity index is 330.